The smallest absolute Gasteiger partial charge is 0.203 e. The first kappa shape index (κ1) is 21.7. The molecular weight excluding hydrogens is 364 g/mol. The largest absolute Gasteiger partial charge is 0.493 e. The zero-order valence-electron chi connectivity index (χ0n) is 16.9. The van der Waals surface area contributed by atoms with E-state index < -0.39 is 12.2 Å². The topological polar surface area (TPSA) is 75.6 Å². The predicted molar refractivity (Wildman–Crippen MR) is 105 cm³/mol. The molecule has 0 saturated heterocycles. The Morgan fingerprint density at radius 2 is 1.43 bits per heavy atom. The molecule has 2 aromatic rings. The van der Waals surface area contributed by atoms with Crippen LogP contribution in [0.25, 0.3) is 0 Å². The van der Waals surface area contributed by atoms with Gasteiger partial charge in [-0.2, -0.15) is 0 Å². The van der Waals surface area contributed by atoms with E-state index in [2.05, 4.69) is 0 Å². The number of rotatable bonds is 11. The summed E-state index contributed by atoms with van der Waals surface area (Å²) >= 11 is 0. The molecule has 0 heterocycles. The Hall–Kier alpha value is -2.64. The van der Waals surface area contributed by atoms with Gasteiger partial charge in [-0.05, 0) is 36.8 Å². The van der Waals surface area contributed by atoms with Crippen LogP contribution in [0.15, 0.2) is 36.4 Å². The van der Waals surface area contributed by atoms with E-state index in [4.69, 9.17) is 28.4 Å². The fraction of sp³-hybridized carbons (Fsp3) is 0.429. The fourth-order valence-electron chi connectivity index (χ4n) is 2.91. The van der Waals surface area contributed by atoms with E-state index in [1.807, 2.05) is 19.1 Å². The van der Waals surface area contributed by atoms with E-state index in [1.165, 1.54) is 0 Å². The average molecular weight is 392 g/mol. The van der Waals surface area contributed by atoms with Crippen molar-refractivity contribution in [1.82, 2.24) is 0 Å². The summed E-state index contributed by atoms with van der Waals surface area (Å²) in [4.78, 5) is 0. The van der Waals surface area contributed by atoms with E-state index in [0.29, 0.717) is 35.4 Å². The molecule has 28 heavy (non-hydrogen) atoms. The predicted octanol–water partition coefficient (Wildman–Crippen LogP) is 3.24. The van der Waals surface area contributed by atoms with Crippen molar-refractivity contribution >= 4 is 0 Å². The standard InChI is InChI=1S/C21H28O7/c1-6-27-20(14-10-11-15(23-2)18(12-14)26-5)19(13-22)28-21-16(24-3)8-7-9-17(21)25-4/h7-12,19-20,22H,6,13H2,1-5H3. The maximum atomic E-state index is 10.1. The van der Waals surface area contributed by atoms with E-state index in [-0.39, 0.29) is 6.61 Å². The lowest BCUT2D eigenvalue weighted by atomic mass is 10.0. The molecule has 0 bridgehead atoms. The number of para-hydroxylation sites is 1. The Bertz CT molecular complexity index is 725. The molecule has 154 valence electrons. The highest BCUT2D eigenvalue weighted by Gasteiger charge is 2.28. The summed E-state index contributed by atoms with van der Waals surface area (Å²) in [5.74, 6) is 2.57. The Balaban J connectivity index is 2.41. The normalized spacial score (nSPS) is 12.8. The molecule has 0 radical (unpaired) electrons. The molecule has 7 nitrogen and oxygen atoms in total. The first-order chi connectivity index (χ1) is 13.6. The number of ether oxygens (including phenoxy) is 6. The van der Waals surface area contributed by atoms with Gasteiger partial charge in [0.25, 0.3) is 0 Å². The highest BCUT2D eigenvalue weighted by Crippen LogP contribution is 2.40. The number of benzene rings is 2. The van der Waals surface area contributed by atoms with Gasteiger partial charge in [0, 0.05) is 6.61 Å². The van der Waals surface area contributed by atoms with Crippen molar-refractivity contribution in [3.8, 4) is 28.7 Å². The van der Waals surface area contributed by atoms with Crippen molar-refractivity contribution in [1.29, 1.82) is 0 Å². The van der Waals surface area contributed by atoms with Crippen molar-refractivity contribution in [3.05, 3.63) is 42.0 Å². The van der Waals surface area contributed by atoms with Gasteiger partial charge >= 0.3 is 0 Å². The molecule has 2 rings (SSSR count). The van der Waals surface area contributed by atoms with Gasteiger partial charge in [-0.1, -0.05) is 12.1 Å². The van der Waals surface area contributed by atoms with Gasteiger partial charge in [0.2, 0.25) is 5.75 Å². The third kappa shape index (κ3) is 4.79. The number of hydrogen-bond acceptors (Lipinski definition) is 7. The molecule has 0 saturated carbocycles. The molecule has 0 aliphatic rings. The molecular formula is C21H28O7. The molecule has 0 spiro atoms. The summed E-state index contributed by atoms with van der Waals surface area (Å²) in [7, 11) is 6.23. The maximum Gasteiger partial charge on any atom is 0.203 e. The average Bonchev–Trinajstić information content (AvgIpc) is 2.75. The zero-order valence-corrected chi connectivity index (χ0v) is 16.9. The van der Waals surface area contributed by atoms with Gasteiger partial charge in [-0.15, -0.1) is 0 Å². The summed E-state index contributed by atoms with van der Waals surface area (Å²) in [6.07, 6.45) is -1.26. The number of hydrogen-bond donors (Lipinski definition) is 1. The van der Waals surface area contributed by atoms with Gasteiger partial charge in [-0.25, -0.2) is 0 Å². The second-order valence-corrected chi connectivity index (χ2v) is 5.82. The van der Waals surface area contributed by atoms with Crippen LogP contribution < -0.4 is 23.7 Å². The van der Waals surface area contributed by atoms with Crippen molar-refractivity contribution in [2.45, 2.75) is 19.1 Å². The van der Waals surface area contributed by atoms with Gasteiger partial charge in [0.05, 0.1) is 35.0 Å². The molecule has 1 N–H and O–H groups in total. The minimum atomic E-state index is -0.705. The summed E-state index contributed by atoms with van der Waals surface area (Å²) in [6.45, 7) is 2.04. The molecule has 2 atom stereocenters. The Morgan fingerprint density at radius 3 is 1.93 bits per heavy atom. The summed E-state index contributed by atoms with van der Waals surface area (Å²) in [6, 6.07) is 10.8. The molecule has 0 aliphatic carbocycles. The molecule has 2 unspecified atom stereocenters. The molecule has 0 amide bonds. The second-order valence-electron chi connectivity index (χ2n) is 5.82. The van der Waals surface area contributed by atoms with Gasteiger partial charge in [-0.3, -0.25) is 0 Å². The first-order valence-electron chi connectivity index (χ1n) is 8.95. The second kappa shape index (κ2) is 10.6. The highest BCUT2D eigenvalue weighted by atomic mass is 16.6. The Morgan fingerprint density at radius 1 is 0.821 bits per heavy atom. The van der Waals surface area contributed by atoms with Crippen LogP contribution >= 0.6 is 0 Å². The fourth-order valence-corrected chi connectivity index (χ4v) is 2.91. The monoisotopic (exact) mass is 392 g/mol. The molecule has 0 aliphatic heterocycles. The van der Waals surface area contributed by atoms with Crippen LogP contribution in [-0.2, 0) is 4.74 Å². The highest BCUT2D eigenvalue weighted by molar-refractivity contribution is 5.51. The van der Waals surface area contributed by atoms with Gasteiger partial charge in [0.1, 0.15) is 6.10 Å². The molecule has 2 aromatic carbocycles. The zero-order chi connectivity index (χ0) is 20.5. The minimum Gasteiger partial charge on any atom is -0.493 e. The first-order valence-corrected chi connectivity index (χ1v) is 8.95. The quantitative estimate of drug-likeness (QED) is 0.629. The molecule has 7 heteroatoms. The number of aliphatic hydroxyl groups is 1. The molecule has 0 aromatic heterocycles. The van der Waals surface area contributed by atoms with Gasteiger partial charge < -0.3 is 33.5 Å². The lowest BCUT2D eigenvalue weighted by molar-refractivity contribution is -0.0452. The van der Waals surface area contributed by atoms with E-state index >= 15 is 0 Å². The molecule has 0 fully saturated rings. The summed E-state index contributed by atoms with van der Waals surface area (Å²) in [5.41, 5.74) is 0.785. The van der Waals surface area contributed by atoms with Crippen LogP contribution in [0.2, 0.25) is 0 Å². The third-order valence-electron chi connectivity index (χ3n) is 4.25. The van der Waals surface area contributed by atoms with Crippen molar-refractivity contribution in [2.75, 3.05) is 41.7 Å². The lowest BCUT2D eigenvalue weighted by Crippen LogP contribution is -2.31. The third-order valence-corrected chi connectivity index (χ3v) is 4.25. The van der Waals surface area contributed by atoms with E-state index in [9.17, 15) is 5.11 Å². The maximum absolute atomic E-state index is 10.1. The van der Waals surface area contributed by atoms with Crippen molar-refractivity contribution in [2.24, 2.45) is 0 Å². The van der Waals surface area contributed by atoms with Crippen LogP contribution in [0.4, 0.5) is 0 Å². The van der Waals surface area contributed by atoms with Crippen molar-refractivity contribution < 1.29 is 33.5 Å². The number of aliphatic hydroxyl groups excluding tert-OH is 1. The Labute approximate surface area is 165 Å². The minimum absolute atomic E-state index is 0.278. The van der Waals surface area contributed by atoms with E-state index in [1.54, 1.807) is 52.7 Å². The summed E-state index contributed by atoms with van der Waals surface area (Å²) in [5, 5.41) is 10.1. The number of methoxy groups -OCH3 is 4. The van der Waals surface area contributed by atoms with Gasteiger partial charge in [0.15, 0.2) is 29.1 Å². The van der Waals surface area contributed by atoms with Crippen LogP contribution in [0, 0.1) is 0 Å². The summed E-state index contributed by atoms with van der Waals surface area (Å²) < 4.78 is 33.5. The Kier molecular flexibility index (Phi) is 8.22. The van der Waals surface area contributed by atoms with Crippen LogP contribution in [0.1, 0.15) is 18.6 Å². The van der Waals surface area contributed by atoms with Crippen LogP contribution in [-0.4, -0.2) is 52.9 Å². The SMILES string of the molecule is CCOC(c1ccc(OC)c(OC)c1)C(CO)Oc1c(OC)cccc1OC. The lowest BCUT2D eigenvalue weighted by Gasteiger charge is -2.28. The van der Waals surface area contributed by atoms with Crippen LogP contribution in [0.5, 0.6) is 28.7 Å². The van der Waals surface area contributed by atoms with Crippen LogP contribution in [0.3, 0.4) is 0 Å². The van der Waals surface area contributed by atoms with Crippen molar-refractivity contribution in [3.63, 3.8) is 0 Å². The van der Waals surface area contributed by atoms with E-state index in [0.717, 1.165) is 5.56 Å².